The van der Waals surface area contributed by atoms with Gasteiger partial charge in [0, 0.05) is 35.4 Å². The number of benzene rings is 3. The van der Waals surface area contributed by atoms with E-state index >= 15 is 0 Å². The molecule has 1 saturated heterocycles. The fourth-order valence-electron chi connectivity index (χ4n) is 4.97. The molecular weight excluding hydrogens is 434 g/mol. The molecule has 3 aromatic carbocycles. The topological polar surface area (TPSA) is 53.9 Å². The summed E-state index contributed by atoms with van der Waals surface area (Å²) >= 11 is 0. The summed E-state index contributed by atoms with van der Waals surface area (Å²) < 4.78 is 28.8. The predicted octanol–water partition coefficient (Wildman–Crippen LogP) is 5.66. The van der Waals surface area contributed by atoms with Gasteiger partial charge in [0.2, 0.25) is 0 Å². The van der Waals surface area contributed by atoms with E-state index in [9.17, 15) is 13.6 Å². The number of anilines is 1. The van der Waals surface area contributed by atoms with Gasteiger partial charge in [0.1, 0.15) is 11.6 Å². The Morgan fingerprint density at radius 3 is 2.62 bits per heavy atom. The zero-order valence-electron chi connectivity index (χ0n) is 18.3. The van der Waals surface area contributed by atoms with Crippen molar-refractivity contribution in [2.45, 2.75) is 18.9 Å². The lowest BCUT2D eigenvalue weighted by molar-refractivity contribution is 0.395. The van der Waals surface area contributed by atoms with E-state index in [1.54, 1.807) is 23.0 Å². The molecule has 34 heavy (non-hydrogen) atoms. The lowest BCUT2D eigenvalue weighted by Crippen LogP contribution is -2.40. The first-order valence-electron chi connectivity index (χ1n) is 11.4. The van der Waals surface area contributed by atoms with Crippen molar-refractivity contribution in [2.24, 2.45) is 0 Å². The van der Waals surface area contributed by atoms with Crippen molar-refractivity contribution in [3.8, 4) is 11.3 Å². The van der Waals surface area contributed by atoms with Gasteiger partial charge >= 0.3 is 0 Å². The molecule has 3 heterocycles. The highest BCUT2D eigenvalue weighted by atomic mass is 19.1. The summed E-state index contributed by atoms with van der Waals surface area (Å²) in [6.45, 7) is 1.52. The molecule has 0 bridgehead atoms. The van der Waals surface area contributed by atoms with Gasteiger partial charge in [0.15, 0.2) is 0 Å². The lowest BCUT2D eigenvalue weighted by atomic mass is 10.0. The van der Waals surface area contributed by atoms with Gasteiger partial charge in [0.25, 0.3) is 5.56 Å². The number of hydrogen-bond acceptors (Lipinski definition) is 3. The number of nitrogens with zero attached hydrogens (tertiary/aromatic N) is 3. The normalized spacial score (nSPS) is 16.4. The molecule has 0 saturated carbocycles. The van der Waals surface area contributed by atoms with Crippen LogP contribution in [0.3, 0.4) is 0 Å². The molecule has 7 heteroatoms. The lowest BCUT2D eigenvalue weighted by Gasteiger charge is -2.35. The van der Waals surface area contributed by atoms with E-state index in [2.05, 4.69) is 27.0 Å². The van der Waals surface area contributed by atoms with E-state index in [0.717, 1.165) is 47.2 Å². The molecule has 1 N–H and O–H groups in total. The Morgan fingerprint density at radius 1 is 0.941 bits per heavy atom. The molecule has 0 amide bonds. The van der Waals surface area contributed by atoms with Crippen molar-refractivity contribution < 1.29 is 8.78 Å². The van der Waals surface area contributed by atoms with Crippen molar-refractivity contribution in [2.75, 3.05) is 18.0 Å². The molecule has 1 aliphatic rings. The minimum atomic E-state index is -0.439. The molecule has 6 rings (SSSR count). The second-order valence-corrected chi connectivity index (χ2v) is 8.79. The summed E-state index contributed by atoms with van der Waals surface area (Å²) in [5.74, 6) is -0.702. The van der Waals surface area contributed by atoms with Crippen LogP contribution in [0.1, 0.15) is 18.9 Å². The average Bonchev–Trinajstić information content (AvgIpc) is 3.30. The maximum atomic E-state index is 13.8. The van der Waals surface area contributed by atoms with Gasteiger partial charge in [-0.05, 0) is 79.1 Å². The fraction of sp³-hybridized carbons (Fsp3) is 0.185. The average molecular weight is 456 g/mol. The molecule has 1 fully saturated rings. The molecule has 170 valence electrons. The summed E-state index contributed by atoms with van der Waals surface area (Å²) in [7, 11) is 0. The number of aromatic amines is 1. The van der Waals surface area contributed by atoms with E-state index < -0.39 is 5.82 Å². The summed E-state index contributed by atoms with van der Waals surface area (Å²) in [5.41, 5.74) is 4.21. The highest BCUT2D eigenvalue weighted by Crippen LogP contribution is 2.34. The molecule has 5 aromatic rings. The van der Waals surface area contributed by atoms with Gasteiger partial charge in [-0.25, -0.2) is 13.8 Å². The SMILES string of the molecule is O=c1c2cc(F)ccc2ncn1[C@@H]1CCCN(c2cccc3[nH]c(-c4ccc(F)cc4)cc23)C1. The minimum Gasteiger partial charge on any atom is -0.369 e. The van der Waals surface area contributed by atoms with E-state index in [1.807, 2.05) is 12.1 Å². The number of fused-ring (bicyclic) bond motifs is 2. The Morgan fingerprint density at radius 2 is 1.76 bits per heavy atom. The minimum absolute atomic E-state index is 0.0628. The van der Waals surface area contributed by atoms with Crippen LogP contribution in [0.5, 0.6) is 0 Å². The number of aromatic nitrogens is 3. The van der Waals surface area contributed by atoms with Crippen molar-refractivity contribution >= 4 is 27.5 Å². The summed E-state index contributed by atoms with van der Waals surface area (Å²) in [6.07, 6.45) is 3.35. The zero-order valence-corrected chi connectivity index (χ0v) is 18.3. The summed E-state index contributed by atoms with van der Waals surface area (Å²) in [5, 5.41) is 1.38. The smallest absolute Gasteiger partial charge is 0.261 e. The first kappa shape index (κ1) is 20.6. The number of nitrogens with one attached hydrogen (secondary N) is 1. The Labute approximate surface area is 194 Å². The first-order valence-corrected chi connectivity index (χ1v) is 11.4. The van der Waals surface area contributed by atoms with Crippen molar-refractivity contribution in [1.29, 1.82) is 0 Å². The maximum absolute atomic E-state index is 13.8. The van der Waals surface area contributed by atoms with Crippen molar-refractivity contribution in [1.82, 2.24) is 14.5 Å². The Kier molecular flexibility index (Phi) is 4.90. The molecule has 1 atom stereocenters. The quantitative estimate of drug-likeness (QED) is 0.381. The van der Waals surface area contributed by atoms with Crippen LogP contribution in [-0.4, -0.2) is 27.6 Å². The van der Waals surface area contributed by atoms with E-state index in [-0.39, 0.29) is 17.4 Å². The molecule has 5 nitrogen and oxygen atoms in total. The van der Waals surface area contributed by atoms with Gasteiger partial charge < -0.3 is 9.88 Å². The molecular formula is C27H22F2N4O. The number of H-pyrrole nitrogens is 1. The van der Waals surface area contributed by atoms with Crippen LogP contribution < -0.4 is 10.5 Å². The molecule has 0 radical (unpaired) electrons. The standard InChI is InChI=1S/C27H22F2N4O/c28-18-8-6-17(7-9-18)25-14-21-24(31-25)4-1-5-26(21)32-12-2-3-20(15-32)33-16-30-23-11-10-19(29)13-22(23)27(33)34/h1,4-11,13-14,16,20,31H,2-3,12,15H2/t20-/m1/s1. The van der Waals surface area contributed by atoms with Gasteiger partial charge in [-0.1, -0.05) is 6.07 Å². The van der Waals surface area contributed by atoms with E-state index in [0.29, 0.717) is 17.4 Å². The second-order valence-electron chi connectivity index (χ2n) is 8.79. The third kappa shape index (κ3) is 3.53. The van der Waals surface area contributed by atoms with E-state index in [4.69, 9.17) is 0 Å². The third-order valence-electron chi connectivity index (χ3n) is 6.67. The molecule has 0 aliphatic carbocycles. The van der Waals surface area contributed by atoms with Crippen LogP contribution in [0.2, 0.25) is 0 Å². The van der Waals surface area contributed by atoms with Crippen LogP contribution in [0, 0.1) is 11.6 Å². The fourth-order valence-corrected chi connectivity index (χ4v) is 4.97. The largest absolute Gasteiger partial charge is 0.369 e. The Balaban J connectivity index is 1.36. The van der Waals surface area contributed by atoms with Crippen molar-refractivity contribution in [3.05, 3.63) is 95.0 Å². The van der Waals surface area contributed by atoms with Gasteiger partial charge in [-0.2, -0.15) is 0 Å². The summed E-state index contributed by atoms with van der Waals surface area (Å²) in [4.78, 5) is 23.3. The molecule has 2 aromatic heterocycles. The monoisotopic (exact) mass is 456 g/mol. The first-order chi connectivity index (χ1) is 16.6. The second kappa shape index (κ2) is 8.09. The van der Waals surface area contributed by atoms with Crippen LogP contribution >= 0.6 is 0 Å². The highest BCUT2D eigenvalue weighted by Gasteiger charge is 2.24. The molecule has 0 unspecified atom stereocenters. The number of rotatable bonds is 3. The van der Waals surface area contributed by atoms with Gasteiger partial charge in [0.05, 0.1) is 23.3 Å². The molecule has 1 aliphatic heterocycles. The number of piperidine rings is 1. The van der Waals surface area contributed by atoms with Gasteiger partial charge in [-0.15, -0.1) is 0 Å². The Bertz CT molecular complexity index is 1570. The highest BCUT2D eigenvalue weighted by molar-refractivity contribution is 5.96. The van der Waals surface area contributed by atoms with Crippen LogP contribution in [0.25, 0.3) is 33.1 Å². The number of hydrogen-bond donors (Lipinski definition) is 1. The summed E-state index contributed by atoms with van der Waals surface area (Å²) in [6, 6.07) is 18.7. The van der Waals surface area contributed by atoms with Crippen LogP contribution in [0.4, 0.5) is 14.5 Å². The van der Waals surface area contributed by atoms with Crippen molar-refractivity contribution in [3.63, 3.8) is 0 Å². The number of halogens is 2. The molecule has 0 spiro atoms. The Hall–Kier alpha value is -4.00. The van der Waals surface area contributed by atoms with Gasteiger partial charge in [-0.3, -0.25) is 9.36 Å². The third-order valence-corrected chi connectivity index (χ3v) is 6.67. The predicted molar refractivity (Wildman–Crippen MR) is 130 cm³/mol. The maximum Gasteiger partial charge on any atom is 0.261 e. The van der Waals surface area contributed by atoms with Crippen LogP contribution in [0.15, 0.2) is 77.9 Å². The zero-order chi connectivity index (χ0) is 23.2. The van der Waals surface area contributed by atoms with E-state index in [1.165, 1.54) is 30.3 Å². The van der Waals surface area contributed by atoms with Crippen LogP contribution in [-0.2, 0) is 0 Å².